The first kappa shape index (κ1) is 23.8. The van der Waals surface area contributed by atoms with Gasteiger partial charge in [-0.1, -0.05) is 15.9 Å². The maximum absolute atomic E-state index is 12.3. The first-order chi connectivity index (χ1) is 17.0. The average molecular weight is 540 g/mol. The van der Waals surface area contributed by atoms with Crippen LogP contribution >= 0.6 is 15.9 Å². The van der Waals surface area contributed by atoms with Gasteiger partial charge in [-0.15, -0.1) is 0 Å². The van der Waals surface area contributed by atoms with Crippen LogP contribution in [0.5, 0.6) is 17.2 Å². The molecule has 2 aromatic carbocycles. The lowest BCUT2D eigenvalue weighted by molar-refractivity contribution is -0.129. The minimum absolute atomic E-state index is 0.0986. The van der Waals surface area contributed by atoms with Crippen LogP contribution in [0.3, 0.4) is 0 Å². The largest absolute Gasteiger partial charge is 0.465 e. The monoisotopic (exact) mass is 539 g/mol. The predicted octanol–water partition coefficient (Wildman–Crippen LogP) is 3.27. The molecule has 1 aliphatic heterocycles. The average Bonchev–Trinajstić information content (AvgIpc) is 3.54. The molecule has 0 saturated carbocycles. The van der Waals surface area contributed by atoms with E-state index >= 15 is 0 Å². The standard InChI is InChI=1S/C24H18BrN3O7/c25-17-4-7-19(35-23(30)8-5-18-2-1-9-32-18)16(10-17)12-27-28-22(29)13-26-24(31)15-3-6-20-21(11-15)34-14-33-20/h1-12H,13-14H2,(H,26,31)(H,28,29). The Morgan fingerprint density at radius 3 is 2.77 bits per heavy atom. The van der Waals surface area contributed by atoms with Gasteiger partial charge in [0.05, 0.1) is 19.0 Å². The van der Waals surface area contributed by atoms with Gasteiger partial charge in [0.2, 0.25) is 6.79 Å². The highest BCUT2D eigenvalue weighted by Crippen LogP contribution is 2.32. The van der Waals surface area contributed by atoms with Gasteiger partial charge in [-0.25, -0.2) is 10.2 Å². The Bertz CT molecular complexity index is 1300. The van der Waals surface area contributed by atoms with Gasteiger partial charge in [-0.05, 0) is 54.6 Å². The van der Waals surface area contributed by atoms with E-state index in [9.17, 15) is 14.4 Å². The van der Waals surface area contributed by atoms with E-state index < -0.39 is 17.8 Å². The van der Waals surface area contributed by atoms with Gasteiger partial charge in [0, 0.05) is 21.7 Å². The summed E-state index contributed by atoms with van der Waals surface area (Å²) in [6.45, 7) is -0.204. The summed E-state index contributed by atoms with van der Waals surface area (Å²) in [5.41, 5.74) is 3.07. The number of rotatable bonds is 8. The zero-order valence-electron chi connectivity index (χ0n) is 18.0. The fourth-order valence-electron chi connectivity index (χ4n) is 2.91. The zero-order valence-corrected chi connectivity index (χ0v) is 19.6. The van der Waals surface area contributed by atoms with Gasteiger partial charge < -0.3 is 23.9 Å². The molecule has 2 heterocycles. The molecular weight excluding hydrogens is 522 g/mol. The van der Waals surface area contributed by atoms with Crippen LogP contribution in [0.25, 0.3) is 6.08 Å². The second-order valence-corrected chi connectivity index (χ2v) is 7.91. The molecule has 0 aliphatic carbocycles. The summed E-state index contributed by atoms with van der Waals surface area (Å²) in [6.07, 6.45) is 5.52. The number of nitrogens with one attached hydrogen (secondary N) is 2. The first-order valence-corrected chi connectivity index (χ1v) is 11.0. The molecule has 0 radical (unpaired) electrons. The summed E-state index contributed by atoms with van der Waals surface area (Å²) in [4.78, 5) is 36.5. The third kappa shape index (κ3) is 6.58. The van der Waals surface area contributed by atoms with Gasteiger partial charge in [-0.2, -0.15) is 5.10 Å². The lowest BCUT2D eigenvalue weighted by Crippen LogP contribution is -2.34. The smallest absolute Gasteiger partial charge is 0.336 e. The van der Waals surface area contributed by atoms with Gasteiger partial charge in [0.25, 0.3) is 11.8 Å². The minimum Gasteiger partial charge on any atom is -0.465 e. The maximum atomic E-state index is 12.3. The minimum atomic E-state index is -0.617. The summed E-state index contributed by atoms with van der Waals surface area (Å²) in [7, 11) is 0. The lowest BCUT2D eigenvalue weighted by atomic mass is 10.2. The number of fused-ring (bicyclic) bond motifs is 1. The molecule has 0 fully saturated rings. The molecule has 35 heavy (non-hydrogen) atoms. The Morgan fingerprint density at radius 1 is 1.09 bits per heavy atom. The molecule has 0 bridgehead atoms. The van der Waals surface area contributed by atoms with Crippen LogP contribution in [-0.2, 0) is 9.59 Å². The van der Waals surface area contributed by atoms with Crippen molar-refractivity contribution in [1.29, 1.82) is 0 Å². The van der Waals surface area contributed by atoms with Gasteiger partial charge in [-0.3, -0.25) is 9.59 Å². The Morgan fingerprint density at radius 2 is 1.94 bits per heavy atom. The normalized spacial score (nSPS) is 12.1. The van der Waals surface area contributed by atoms with Crippen molar-refractivity contribution in [3.63, 3.8) is 0 Å². The lowest BCUT2D eigenvalue weighted by Gasteiger charge is -2.07. The number of halogens is 1. The second kappa shape index (κ2) is 11.2. The number of esters is 1. The highest BCUT2D eigenvalue weighted by atomic mass is 79.9. The van der Waals surface area contributed by atoms with E-state index in [1.807, 2.05) is 0 Å². The molecule has 0 unspecified atom stereocenters. The van der Waals surface area contributed by atoms with Crippen molar-refractivity contribution >= 4 is 46.0 Å². The topological polar surface area (TPSA) is 128 Å². The number of benzene rings is 2. The number of carbonyl (C=O) groups is 3. The van der Waals surface area contributed by atoms with Gasteiger partial charge in [0.15, 0.2) is 11.5 Å². The number of amides is 2. The molecular formula is C24H18BrN3O7. The van der Waals surface area contributed by atoms with Crippen LogP contribution < -0.4 is 25.0 Å². The number of furan rings is 1. The van der Waals surface area contributed by atoms with Crippen LogP contribution in [0.2, 0.25) is 0 Å². The highest BCUT2D eigenvalue weighted by Gasteiger charge is 2.16. The van der Waals surface area contributed by atoms with Crippen molar-refractivity contribution in [3.05, 3.63) is 82.2 Å². The summed E-state index contributed by atoms with van der Waals surface area (Å²) in [6, 6.07) is 13.1. The highest BCUT2D eigenvalue weighted by molar-refractivity contribution is 9.10. The third-order valence-electron chi connectivity index (χ3n) is 4.55. The molecule has 2 N–H and O–H groups in total. The molecule has 1 aromatic heterocycles. The number of hydrazone groups is 1. The molecule has 0 spiro atoms. The van der Waals surface area contributed by atoms with Crippen molar-refractivity contribution in [2.24, 2.45) is 5.10 Å². The third-order valence-corrected chi connectivity index (χ3v) is 5.04. The Labute approximate surface area is 207 Å². The molecule has 10 nitrogen and oxygen atoms in total. The van der Waals surface area contributed by atoms with Crippen LogP contribution in [0.4, 0.5) is 0 Å². The zero-order chi connectivity index (χ0) is 24.6. The number of hydrogen-bond donors (Lipinski definition) is 2. The van der Waals surface area contributed by atoms with E-state index in [2.05, 4.69) is 31.8 Å². The SMILES string of the molecule is O=C(CNC(=O)c1ccc2c(c1)OCO2)NN=Cc1cc(Br)ccc1OC(=O)C=Cc1ccco1. The van der Waals surface area contributed by atoms with Crippen molar-refractivity contribution in [2.45, 2.75) is 0 Å². The van der Waals surface area contributed by atoms with Gasteiger partial charge in [0.1, 0.15) is 11.5 Å². The number of ether oxygens (including phenoxy) is 3. The van der Waals surface area contributed by atoms with E-state index in [-0.39, 0.29) is 19.1 Å². The van der Waals surface area contributed by atoms with E-state index in [0.29, 0.717) is 32.9 Å². The Balaban J connectivity index is 1.30. The predicted molar refractivity (Wildman–Crippen MR) is 128 cm³/mol. The first-order valence-electron chi connectivity index (χ1n) is 10.2. The van der Waals surface area contributed by atoms with E-state index in [1.165, 1.54) is 30.7 Å². The van der Waals surface area contributed by atoms with Crippen LogP contribution in [-0.4, -0.2) is 37.3 Å². The van der Waals surface area contributed by atoms with E-state index in [1.54, 1.807) is 42.5 Å². The Kier molecular flexibility index (Phi) is 7.58. The quantitative estimate of drug-likeness (QED) is 0.148. The van der Waals surface area contributed by atoms with Crippen LogP contribution in [0.15, 0.2) is 74.9 Å². The molecule has 11 heteroatoms. The van der Waals surface area contributed by atoms with Crippen molar-refractivity contribution in [2.75, 3.05) is 13.3 Å². The van der Waals surface area contributed by atoms with E-state index in [0.717, 1.165) is 0 Å². The van der Waals surface area contributed by atoms with Gasteiger partial charge >= 0.3 is 5.97 Å². The Hall–Kier alpha value is -4.38. The summed E-state index contributed by atoms with van der Waals surface area (Å²) >= 11 is 3.34. The van der Waals surface area contributed by atoms with E-state index in [4.69, 9.17) is 18.6 Å². The molecule has 178 valence electrons. The fourth-order valence-corrected chi connectivity index (χ4v) is 3.28. The van der Waals surface area contributed by atoms with Crippen molar-refractivity contribution in [1.82, 2.24) is 10.7 Å². The summed E-state index contributed by atoms with van der Waals surface area (Å²) in [5.74, 6) is 0.142. The molecule has 3 aromatic rings. The summed E-state index contributed by atoms with van der Waals surface area (Å²) < 4.78 is 21.6. The van der Waals surface area contributed by atoms with Crippen LogP contribution in [0.1, 0.15) is 21.7 Å². The second-order valence-electron chi connectivity index (χ2n) is 7.00. The molecule has 0 saturated heterocycles. The number of nitrogens with zero attached hydrogens (tertiary/aromatic N) is 1. The van der Waals surface area contributed by atoms with Crippen molar-refractivity contribution in [3.8, 4) is 17.2 Å². The number of hydrogen-bond acceptors (Lipinski definition) is 8. The summed E-state index contributed by atoms with van der Waals surface area (Å²) in [5, 5.41) is 6.38. The maximum Gasteiger partial charge on any atom is 0.336 e. The molecule has 2 amide bonds. The molecule has 4 rings (SSSR count). The van der Waals surface area contributed by atoms with Crippen molar-refractivity contribution < 1.29 is 33.0 Å². The fraction of sp³-hybridized carbons (Fsp3) is 0.0833. The van der Waals surface area contributed by atoms with Crippen LogP contribution in [0, 0.1) is 0 Å². The number of carbonyl (C=O) groups excluding carboxylic acids is 3. The molecule has 0 atom stereocenters. The molecule has 1 aliphatic rings.